The predicted molar refractivity (Wildman–Crippen MR) is 79.8 cm³/mol. The number of hydrogen-bond acceptors (Lipinski definition) is 5. The Labute approximate surface area is 127 Å². The molecule has 0 radical (unpaired) electrons. The van der Waals surface area contributed by atoms with Crippen LogP contribution >= 0.6 is 11.3 Å². The average Bonchev–Trinajstić information content (AvgIpc) is 3.23. The third-order valence-corrected chi connectivity index (χ3v) is 4.52. The highest BCUT2D eigenvalue weighted by Gasteiger charge is 2.32. The van der Waals surface area contributed by atoms with E-state index in [1.807, 2.05) is 0 Å². The van der Waals surface area contributed by atoms with Crippen LogP contribution in [0.4, 0.5) is 5.00 Å². The van der Waals surface area contributed by atoms with Gasteiger partial charge in [-0.25, -0.2) is 4.79 Å². The van der Waals surface area contributed by atoms with Crippen molar-refractivity contribution in [2.24, 2.45) is 5.92 Å². The number of ether oxygens (including phenoxy) is 1. The Balaban J connectivity index is 2.41. The minimum Gasteiger partial charge on any atom is -0.465 e. The first-order valence-corrected chi connectivity index (χ1v) is 7.42. The second kappa shape index (κ2) is 5.85. The van der Waals surface area contributed by atoms with Gasteiger partial charge in [0.2, 0.25) is 5.91 Å². The lowest BCUT2D eigenvalue weighted by Crippen LogP contribution is -2.21. The number of hydrogen-bond donors (Lipinski definition) is 1. The van der Waals surface area contributed by atoms with Gasteiger partial charge in [-0.3, -0.25) is 9.59 Å². The summed E-state index contributed by atoms with van der Waals surface area (Å²) in [5.41, 5.74) is 0.804. The lowest BCUT2D eigenvalue weighted by atomic mass is 10.1. The number of nitrogens with zero attached hydrogens (tertiary/aromatic N) is 1. The second-order valence-corrected chi connectivity index (χ2v) is 6.24. The van der Waals surface area contributed by atoms with Crippen molar-refractivity contribution in [2.75, 3.05) is 26.5 Å². The molecule has 1 aliphatic carbocycles. The number of methoxy groups -OCH3 is 1. The van der Waals surface area contributed by atoms with Gasteiger partial charge in [-0.15, -0.1) is 11.3 Å². The monoisotopic (exact) mass is 310 g/mol. The fourth-order valence-corrected chi connectivity index (χ4v) is 3.14. The largest absolute Gasteiger partial charge is 0.465 e. The Morgan fingerprint density at radius 1 is 1.29 bits per heavy atom. The lowest BCUT2D eigenvalue weighted by Gasteiger charge is -2.08. The zero-order chi connectivity index (χ0) is 15.7. The molecule has 0 atom stereocenters. The van der Waals surface area contributed by atoms with Crippen LogP contribution in [0.15, 0.2) is 0 Å². The van der Waals surface area contributed by atoms with Crippen molar-refractivity contribution < 1.29 is 19.1 Å². The van der Waals surface area contributed by atoms with E-state index in [-0.39, 0.29) is 23.3 Å². The van der Waals surface area contributed by atoms with Gasteiger partial charge < -0.3 is 15.0 Å². The maximum atomic E-state index is 12.1. The smallest absolute Gasteiger partial charge is 0.341 e. The Kier molecular flexibility index (Phi) is 4.32. The van der Waals surface area contributed by atoms with Crippen LogP contribution in [0.2, 0.25) is 0 Å². The molecule has 1 aromatic heterocycles. The van der Waals surface area contributed by atoms with Gasteiger partial charge >= 0.3 is 5.97 Å². The van der Waals surface area contributed by atoms with E-state index in [0.717, 1.165) is 24.2 Å². The molecule has 7 heteroatoms. The van der Waals surface area contributed by atoms with E-state index in [1.54, 1.807) is 21.0 Å². The second-order valence-electron chi connectivity index (χ2n) is 5.21. The number of esters is 1. The first-order chi connectivity index (χ1) is 9.86. The van der Waals surface area contributed by atoms with Crippen LogP contribution < -0.4 is 5.32 Å². The van der Waals surface area contributed by atoms with E-state index >= 15 is 0 Å². The molecule has 1 saturated carbocycles. The first-order valence-electron chi connectivity index (χ1n) is 6.61. The summed E-state index contributed by atoms with van der Waals surface area (Å²) in [5, 5.41) is 3.14. The van der Waals surface area contributed by atoms with Crippen LogP contribution in [0.5, 0.6) is 0 Å². The molecule has 0 unspecified atom stereocenters. The molecule has 21 heavy (non-hydrogen) atoms. The molecular weight excluding hydrogens is 292 g/mol. The highest BCUT2D eigenvalue weighted by molar-refractivity contribution is 7.18. The van der Waals surface area contributed by atoms with Gasteiger partial charge in [0.15, 0.2) is 0 Å². The summed E-state index contributed by atoms with van der Waals surface area (Å²) in [6.45, 7) is 1.69. The van der Waals surface area contributed by atoms with Crippen LogP contribution in [-0.4, -0.2) is 43.9 Å². The SMILES string of the molecule is COC(=O)c1c(NC(=O)C2CC2)sc(C(=O)N(C)C)c1C. The number of carbonyl (C=O) groups is 3. The molecule has 0 spiro atoms. The van der Waals surface area contributed by atoms with Crippen LogP contribution in [0.1, 0.15) is 38.4 Å². The summed E-state index contributed by atoms with van der Waals surface area (Å²) in [4.78, 5) is 37.9. The zero-order valence-electron chi connectivity index (χ0n) is 12.5. The molecule has 1 heterocycles. The number of thiophene rings is 1. The van der Waals surface area contributed by atoms with Crippen molar-refractivity contribution >= 4 is 34.1 Å². The van der Waals surface area contributed by atoms with E-state index in [9.17, 15) is 14.4 Å². The van der Waals surface area contributed by atoms with Crippen LogP contribution in [0.25, 0.3) is 0 Å². The number of anilines is 1. The maximum absolute atomic E-state index is 12.1. The van der Waals surface area contributed by atoms with Gasteiger partial charge in [0, 0.05) is 20.0 Å². The van der Waals surface area contributed by atoms with Crippen LogP contribution in [0, 0.1) is 12.8 Å². The predicted octanol–water partition coefficient (Wildman–Crippen LogP) is 1.89. The molecule has 0 bridgehead atoms. The lowest BCUT2D eigenvalue weighted by molar-refractivity contribution is -0.117. The fourth-order valence-electron chi connectivity index (χ4n) is 1.92. The highest BCUT2D eigenvalue weighted by atomic mass is 32.1. The van der Waals surface area contributed by atoms with Gasteiger partial charge in [0.05, 0.1) is 17.6 Å². The van der Waals surface area contributed by atoms with Crippen LogP contribution in [0.3, 0.4) is 0 Å². The van der Waals surface area contributed by atoms with Gasteiger partial charge in [-0.2, -0.15) is 0 Å². The molecule has 1 N–H and O–H groups in total. The quantitative estimate of drug-likeness (QED) is 0.862. The molecule has 114 valence electrons. The van der Waals surface area contributed by atoms with E-state index in [1.165, 1.54) is 12.0 Å². The number of amides is 2. The molecular formula is C14H18N2O4S. The standard InChI is InChI=1S/C14H18N2O4S/c1-7-9(14(19)20-4)12(15-11(17)8-5-6-8)21-10(7)13(18)16(2)3/h8H,5-6H2,1-4H3,(H,15,17). The molecule has 2 rings (SSSR count). The van der Waals surface area contributed by atoms with Crippen molar-refractivity contribution in [3.05, 3.63) is 16.0 Å². The normalized spacial score (nSPS) is 13.7. The van der Waals surface area contributed by atoms with Crippen molar-refractivity contribution in [1.29, 1.82) is 0 Å². The van der Waals surface area contributed by atoms with Crippen molar-refractivity contribution in [3.8, 4) is 0 Å². The minimum absolute atomic E-state index is 0.0194. The first kappa shape index (κ1) is 15.5. The Bertz CT molecular complexity index is 602. The molecule has 0 aliphatic heterocycles. The molecule has 0 saturated heterocycles. The Hall–Kier alpha value is -1.89. The molecule has 0 aromatic carbocycles. The van der Waals surface area contributed by atoms with Crippen molar-refractivity contribution in [1.82, 2.24) is 4.90 Å². The summed E-state index contributed by atoms with van der Waals surface area (Å²) in [7, 11) is 4.56. The van der Waals surface area contributed by atoms with Gasteiger partial charge in [-0.1, -0.05) is 0 Å². The molecule has 6 nitrogen and oxygen atoms in total. The molecule has 1 aliphatic rings. The van der Waals surface area contributed by atoms with Crippen molar-refractivity contribution in [2.45, 2.75) is 19.8 Å². The van der Waals surface area contributed by atoms with Crippen LogP contribution in [-0.2, 0) is 9.53 Å². The Morgan fingerprint density at radius 2 is 1.90 bits per heavy atom. The van der Waals surface area contributed by atoms with Gasteiger partial charge in [-0.05, 0) is 25.3 Å². The number of rotatable bonds is 4. The Morgan fingerprint density at radius 3 is 2.38 bits per heavy atom. The van der Waals surface area contributed by atoms with E-state index < -0.39 is 5.97 Å². The summed E-state index contributed by atoms with van der Waals surface area (Å²) in [6.07, 6.45) is 1.74. The summed E-state index contributed by atoms with van der Waals surface area (Å²) < 4.78 is 4.76. The third-order valence-electron chi connectivity index (χ3n) is 3.32. The summed E-state index contributed by atoms with van der Waals surface area (Å²) >= 11 is 1.12. The molecule has 1 aromatic rings. The topological polar surface area (TPSA) is 75.7 Å². The summed E-state index contributed by atoms with van der Waals surface area (Å²) in [5.74, 6) is -0.835. The number of carbonyl (C=O) groups excluding carboxylic acids is 3. The third kappa shape index (κ3) is 3.07. The van der Waals surface area contributed by atoms with E-state index in [2.05, 4.69) is 5.32 Å². The van der Waals surface area contributed by atoms with E-state index in [4.69, 9.17) is 4.74 Å². The molecule has 1 fully saturated rings. The number of nitrogens with one attached hydrogen (secondary N) is 1. The van der Waals surface area contributed by atoms with E-state index in [0.29, 0.717) is 15.4 Å². The van der Waals surface area contributed by atoms with Gasteiger partial charge in [0.1, 0.15) is 5.00 Å². The maximum Gasteiger partial charge on any atom is 0.341 e. The minimum atomic E-state index is -0.548. The van der Waals surface area contributed by atoms with Gasteiger partial charge in [0.25, 0.3) is 5.91 Å². The summed E-state index contributed by atoms with van der Waals surface area (Å²) in [6, 6.07) is 0. The van der Waals surface area contributed by atoms with Crippen molar-refractivity contribution in [3.63, 3.8) is 0 Å². The zero-order valence-corrected chi connectivity index (χ0v) is 13.3. The molecule has 2 amide bonds. The highest BCUT2D eigenvalue weighted by Crippen LogP contribution is 2.36. The fraction of sp³-hybridized carbons (Fsp3) is 0.500. The average molecular weight is 310 g/mol.